The van der Waals surface area contributed by atoms with Gasteiger partial charge < -0.3 is 14.2 Å². The Morgan fingerprint density at radius 3 is 2.24 bits per heavy atom. The van der Waals surface area contributed by atoms with Gasteiger partial charge in [-0.1, -0.05) is 53.0 Å². The minimum absolute atomic E-state index is 0.251. The van der Waals surface area contributed by atoms with Crippen LogP contribution in [0.25, 0.3) is 22.3 Å². The number of nitrogens with zero attached hydrogens (tertiary/aromatic N) is 1. The van der Waals surface area contributed by atoms with Crippen molar-refractivity contribution in [2.45, 2.75) is 32.5 Å². The molecule has 1 fully saturated rings. The van der Waals surface area contributed by atoms with Crippen molar-refractivity contribution in [1.82, 2.24) is 4.90 Å². The van der Waals surface area contributed by atoms with Gasteiger partial charge in [-0.3, -0.25) is 4.90 Å². The standard InChI is InChI=1S/C33H28Cl3NO5/c1-18-11-21(32(38)41-4)5-8-27(18)20-6-10-30(40-3)29(15-20)28-9-7-24(34)14-23(28)17-37-19(2)31(42-33(37)39)22-12-25(35)16-26(36)13-22/h5-16,19,31H,17H2,1-4H3/t19-,31-/m0/s1. The number of benzene rings is 4. The quantitative estimate of drug-likeness (QED) is 0.192. The van der Waals surface area contributed by atoms with E-state index in [1.54, 1.807) is 36.3 Å². The minimum atomic E-state index is -0.537. The lowest BCUT2D eigenvalue weighted by molar-refractivity contribution is 0.0600. The topological polar surface area (TPSA) is 65.1 Å². The van der Waals surface area contributed by atoms with Crippen molar-refractivity contribution in [2.24, 2.45) is 0 Å². The molecule has 0 spiro atoms. The third kappa shape index (κ3) is 5.93. The van der Waals surface area contributed by atoms with E-state index in [0.717, 1.165) is 38.9 Å². The minimum Gasteiger partial charge on any atom is -0.496 e. The molecule has 1 aliphatic heterocycles. The first kappa shape index (κ1) is 29.8. The highest BCUT2D eigenvalue weighted by Crippen LogP contribution is 2.41. The van der Waals surface area contributed by atoms with E-state index < -0.39 is 12.2 Å². The molecule has 1 heterocycles. The zero-order valence-electron chi connectivity index (χ0n) is 23.4. The van der Waals surface area contributed by atoms with Crippen molar-refractivity contribution in [2.75, 3.05) is 14.2 Å². The molecule has 0 N–H and O–H groups in total. The summed E-state index contributed by atoms with van der Waals surface area (Å²) >= 11 is 18.9. The summed E-state index contributed by atoms with van der Waals surface area (Å²) in [5.74, 6) is 0.274. The molecule has 0 saturated carbocycles. The Balaban J connectivity index is 1.52. The number of cyclic esters (lactones) is 1. The molecule has 0 unspecified atom stereocenters. The summed E-state index contributed by atoms with van der Waals surface area (Å²) < 4.78 is 16.4. The van der Waals surface area contributed by atoms with Crippen molar-refractivity contribution in [3.63, 3.8) is 0 Å². The van der Waals surface area contributed by atoms with Crippen LogP contribution in [-0.2, 0) is 16.0 Å². The van der Waals surface area contributed by atoms with Gasteiger partial charge in [-0.15, -0.1) is 0 Å². The molecular weight excluding hydrogens is 597 g/mol. The number of esters is 1. The SMILES string of the molecule is COC(=O)c1ccc(-c2ccc(OC)c(-c3ccc(Cl)cc3CN3C(=O)O[C@H](c4cc(Cl)cc(Cl)c4)[C@@H]3C)c2)c(C)c1. The summed E-state index contributed by atoms with van der Waals surface area (Å²) in [5, 5.41) is 1.48. The fourth-order valence-corrected chi connectivity index (χ4v) is 6.09. The van der Waals surface area contributed by atoms with Crippen molar-refractivity contribution < 1.29 is 23.8 Å². The number of rotatable bonds is 7. The monoisotopic (exact) mass is 623 g/mol. The lowest BCUT2D eigenvalue weighted by Gasteiger charge is -2.23. The number of carbonyl (C=O) groups excluding carboxylic acids is 2. The largest absolute Gasteiger partial charge is 0.496 e. The van der Waals surface area contributed by atoms with Crippen molar-refractivity contribution in [1.29, 1.82) is 0 Å². The summed E-state index contributed by atoms with van der Waals surface area (Å²) in [6.45, 7) is 4.13. The molecule has 5 rings (SSSR count). The van der Waals surface area contributed by atoms with E-state index in [4.69, 9.17) is 49.0 Å². The van der Waals surface area contributed by atoms with E-state index in [1.165, 1.54) is 7.11 Å². The van der Waals surface area contributed by atoms with Gasteiger partial charge in [0.15, 0.2) is 0 Å². The molecule has 216 valence electrons. The van der Waals surface area contributed by atoms with Crippen LogP contribution in [-0.4, -0.2) is 37.2 Å². The zero-order chi connectivity index (χ0) is 30.1. The summed E-state index contributed by atoms with van der Waals surface area (Å²) in [6, 6.07) is 21.8. The van der Waals surface area contributed by atoms with Crippen LogP contribution in [0.2, 0.25) is 15.1 Å². The first-order chi connectivity index (χ1) is 20.1. The first-order valence-corrected chi connectivity index (χ1v) is 14.3. The lowest BCUT2D eigenvalue weighted by Crippen LogP contribution is -2.31. The highest BCUT2D eigenvalue weighted by atomic mass is 35.5. The third-order valence-corrected chi connectivity index (χ3v) is 8.13. The molecule has 1 amide bonds. The van der Waals surface area contributed by atoms with Crippen LogP contribution < -0.4 is 4.74 Å². The number of ether oxygens (including phenoxy) is 3. The van der Waals surface area contributed by atoms with E-state index in [2.05, 4.69) is 0 Å². The molecule has 1 aliphatic rings. The summed E-state index contributed by atoms with van der Waals surface area (Å²) in [7, 11) is 2.98. The molecule has 0 bridgehead atoms. The summed E-state index contributed by atoms with van der Waals surface area (Å²) in [5.41, 5.74) is 6.54. The maximum atomic E-state index is 13.1. The Hall–Kier alpha value is -3.71. The van der Waals surface area contributed by atoms with E-state index in [0.29, 0.717) is 26.4 Å². The van der Waals surface area contributed by atoms with Gasteiger partial charge in [0.05, 0.1) is 32.4 Å². The fraction of sp³-hybridized carbons (Fsp3) is 0.212. The van der Waals surface area contributed by atoms with Gasteiger partial charge in [0.2, 0.25) is 0 Å². The van der Waals surface area contributed by atoms with E-state index in [9.17, 15) is 9.59 Å². The number of amides is 1. The Kier molecular flexibility index (Phi) is 8.69. The van der Waals surface area contributed by atoms with Crippen LogP contribution in [0.15, 0.2) is 72.8 Å². The third-order valence-electron chi connectivity index (χ3n) is 7.46. The Morgan fingerprint density at radius 1 is 0.857 bits per heavy atom. The van der Waals surface area contributed by atoms with Gasteiger partial charge in [-0.2, -0.15) is 0 Å². The molecule has 0 aliphatic carbocycles. The molecule has 4 aromatic carbocycles. The summed E-state index contributed by atoms with van der Waals surface area (Å²) in [6.07, 6.45) is -0.985. The van der Waals surface area contributed by atoms with Crippen molar-refractivity contribution in [3.8, 4) is 28.0 Å². The fourth-order valence-electron chi connectivity index (χ4n) is 5.36. The number of aryl methyl sites for hydroxylation is 1. The Bertz CT molecular complexity index is 1670. The van der Waals surface area contributed by atoms with Crippen LogP contribution >= 0.6 is 34.8 Å². The zero-order valence-corrected chi connectivity index (χ0v) is 25.7. The van der Waals surface area contributed by atoms with Crippen molar-refractivity contribution in [3.05, 3.63) is 110 Å². The van der Waals surface area contributed by atoms with Gasteiger partial charge in [0, 0.05) is 20.6 Å². The number of halogens is 3. The second-order valence-electron chi connectivity index (χ2n) is 10.1. The first-order valence-electron chi connectivity index (χ1n) is 13.2. The summed E-state index contributed by atoms with van der Waals surface area (Å²) in [4.78, 5) is 26.8. The highest BCUT2D eigenvalue weighted by molar-refractivity contribution is 6.34. The predicted octanol–water partition coefficient (Wildman–Crippen LogP) is 9.17. The lowest BCUT2D eigenvalue weighted by atomic mass is 9.92. The molecule has 42 heavy (non-hydrogen) atoms. The predicted molar refractivity (Wildman–Crippen MR) is 166 cm³/mol. The Morgan fingerprint density at radius 2 is 1.57 bits per heavy atom. The van der Waals surface area contributed by atoms with Gasteiger partial charge in [0.25, 0.3) is 0 Å². The van der Waals surface area contributed by atoms with Crippen LogP contribution in [0.1, 0.15) is 40.1 Å². The van der Waals surface area contributed by atoms with Crippen molar-refractivity contribution >= 4 is 46.9 Å². The molecule has 0 radical (unpaired) electrons. The number of hydrogen-bond acceptors (Lipinski definition) is 5. The molecular formula is C33H28Cl3NO5. The van der Waals surface area contributed by atoms with Crippen LogP contribution in [0, 0.1) is 6.92 Å². The Labute approximate surface area is 259 Å². The van der Waals surface area contributed by atoms with Crippen LogP contribution in [0.4, 0.5) is 4.79 Å². The van der Waals surface area contributed by atoms with E-state index >= 15 is 0 Å². The van der Waals surface area contributed by atoms with Gasteiger partial charge in [-0.25, -0.2) is 9.59 Å². The van der Waals surface area contributed by atoms with Gasteiger partial charge in [0.1, 0.15) is 11.9 Å². The van der Waals surface area contributed by atoms with Crippen LogP contribution in [0.3, 0.4) is 0 Å². The van der Waals surface area contributed by atoms with E-state index in [-0.39, 0.29) is 18.6 Å². The van der Waals surface area contributed by atoms with Gasteiger partial charge in [-0.05, 0) is 102 Å². The normalized spacial score (nSPS) is 16.4. The molecule has 4 aromatic rings. The molecule has 0 aromatic heterocycles. The second kappa shape index (κ2) is 12.3. The maximum absolute atomic E-state index is 13.1. The number of carbonyl (C=O) groups is 2. The average molecular weight is 625 g/mol. The molecule has 1 saturated heterocycles. The van der Waals surface area contributed by atoms with E-state index in [1.807, 2.05) is 62.4 Å². The van der Waals surface area contributed by atoms with Gasteiger partial charge >= 0.3 is 12.1 Å². The molecule has 9 heteroatoms. The number of hydrogen-bond donors (Lipinski definition) is 0. The molecule has 2 atom stereocenters. The smallest absolute Gasteiger partial charge is 0.411 e. The number of methoxy groups -OCH3 is 2. The average Bonchev–Trinajstić information content (AvgIpc) is 3.24. The highest BCUT2D eigenvalue weighted by Gasteiger charge is 2.40. The molecule has 6 nitrogen and oxygen atoms in total. The van der Waals surface area contributed by atoms with Crippen LogP contribution in [0.5, 0.6) is 5.75 Å². The maximum Gasteiger partial charge on any atom is 0.411 e. The second-order valence-corrected chi connectivity index (χ2v) is 11.4.